The Hall–Kier alpha value is 0.880. The molecule has 74 valence electrons. The molecule has 1 aliphatic rings. The summed E-state index contributed by atoms with van der Waals surface area (Å²) in [6, 6.07) is 0. The minimum absolute atomic E-state index is 0. The van der Waals surface area contributed by atoms with Crippen molar-refractivity contribution in [2.24, 2.45) is 5.41 Å². The van der Waals surface area contributed by atoms with Gasteiger partial charge in [-0.05, 0) is 0 Å². The number of rotatable bonds is 3. The van der Waals surface area contributed by atoms with Crippen LogP contribution in [0.15, 0.2) is 0 Å². The standard InChI is InChI=1S/C8H17BrNO.BrH/c1-10(2,3)5-8(4-9)6-11-7-8;/h4-7H2,1-3H3;1H/q+1;. The molecule has 1 fully saturated rings. The van der Waals surface area contributed by atoms with Crippen LogP contribution >= 0.6 is 32.9 Å². The second-order valence-corrected chi connectivity index (χ2v) is 5.14. The van der Waals surface area contributed by atoms with Gasteiger partial charge in [-0.2, -0.15) is 0 Å². The van der Waals surface area contributed by atoms with Crippen LogP contribution in [0.25, 0.3) is 0 Å². The quantitative estimate of drug-likeness (QED) is 0.569. The Kier molecular flexibility index (Phi) is 4.72. The molecule has 1 heterocycles. The monoisotopic (exact) mass is 302 g/mol. The Balaban J connectivity index is 0.00000121. The molecule has 0 N–H and O–H groups in total. The second kappa shape index (κ2) is 4.40. The Labute approximate surface area is 93.8 Å². The molecular weight excluding hydrogens is 286 g/mol. The highest BCUT2D eigenvalue weighted by molar-refractivity contribution is 9.09. The zero-order valence-corrected chi connectivity index (χ0v) is 11.3. The molecule has 0 unspecified atom stereocenters. The van der Waals surface area contributed by atoms with Crippen LogP contribution in [0.1, 0.15) is 0 Å². The Morgan fingerprint density at radius 2 is 1.83 bits per heavy atom. The fraction of sp³-hybridized carbons (Fsp3) is 1.00. The maximum Gasteiger partial charge on any atom is 0.0890 e. The number of hydrogen-bond acceptors (Lipinski definition) is 1. The summed E-state index contributed by atoms with van der Waals surface area (Å²) in [5.41, 5.74) is 0.415. The first kappa shape index (κ1) is 12.9. The first-order valence-electron chi connectivity index (χ1n) is 3.92. The van der Waals surface area contributed by atoms with Gasteiger partial charge in [0.1, 0.15) is 0 Å². The molecule has 0 saturated carbocycles. The molecule has 12 heavy (non-hydrogen) atoms. The molecule has 0 aromatic heterocycles. The molecule has 2 nitrogen and oxygen atoms in total. The van der Waals surface area contributed by atoms with Crippen LogP contribution in [0.3, 0.4) is 0 Å². The maximum absolute atomic E-state index is 5.24. The zero-order valence-electron chi connectivity index (χ0n) is 7.97. The minimum Gasteiger partial charge on any atom is -0.380 e. The summed E-state index contributed by atoms with van der Waals surface area (Å²) in [6.45, 7) is 3.04. The van der Waals surface area contributed by atoms with E-state index in [1.165, 1.54) is 6.54 Å². The summed E-state index contributed by atoms with van der Waals surface area (Å²) in [6.07, 6.45) is 0. The van der Waals surface area contributed by atoms with Crippen LogP contribution in [-0.2, 0) is 4.74 Å². The molecule has 0 bridgehead atoms. The number of ether oxygens (including phenoxy) is 1. The molecule has 1 rings (SSSR count). The van der Waals surface area contributed by atoms with E-state index in [9.17, 15) is 0 Å². The molecule has 0 aromatic carbocycles. The lowest BCUT2D eigenvalue weighted by Gasteiger charge is -2.43. The van der Waals surface area contributed by atoms with E-state index in [0.717, 1.165) is 23.0 Å². The Morgan fingerprint density at radius 3 is 1.92 bits per heavy atom. The van der Waals surface area contributed by atoms with E-state index in [1.54, 1.807) is 0 Å². The van der Waals surface area contributed by atoms with Crippen molar-refractivity contribution in [1.82, 2.24) is 0 Å². The van der Waals surface area contributed by atoms with Crippen molar-refractivity contribution in [3.63, 3.8) is 0 Å². The van der Waals surface area contributed by atoms with Gasteiger partial charge in [0.15, 0.2) is 0 Å². The van der Waals surface area contributed by atoms with E-state index in [4.69, 9.17) is 4.74 Å². The molecule has 0 amide bonds. The van der Waals surface area contributed by atoms with Crippen molar-refractivity contribution < 1.29 is 9.22 Å². The van der Waals surface area contributed by atoms with E-state index in [2.05, 4.69) is 37.1 Å². The van der Waals surface area contributed by atoms with Crippen LogP contribution in [0.2, 0.25) is 0 Å². The van der Waals surface area contributed by atoms with Gasteiger partial charge < -0.3 is 9.22 Å². The topological polar surface area (TPSA) is 9.23 Å². The van der Waals surface area contributed by atoms with Crippen molar-refractivity contribution in [3.8, 4) is 0 Å². The van der Waals surface area contributed by atoms with Gasteiger partial charge in [-0.1, -0.05) is 15.9 Å². The van der Waals surface area contributed by atoms with E-state index in [1.807, 2.05) is 0 Å². The van der Waals surface area contributed by atoms with Crippen molar-refractivity contribution in [2.45, 2.75) is 0 Å². The largest absolute Gasteiger partial charge is 0.380 e. The van der Waals surface area contributed by atoms with Crippen LogP contribution in [0.4, 0.5) is 0 Å². The first-order valence-corrected chi connectivity index (χ1v) is 5.04. The van der Waals surface area contributed by atoms with E-state index in [0.29, 0.717) is 5.41 Å². The van der Waals surface area contributed by atoms with Gasteiger partial charge in [-0.15, -0.1) is 17.0 Å². The van der Waals surface area contributed by atoms with Gasteiger partial charge >= 0.3 is 0 Å². The highest BCUT2D eigenvalue weighted by atomic mass is 79.9. The number of alkyl halides is 1. The number of halogens is 2. The van der Waals surface area contributed by atoms with E-state index < -0.39 is 0 Å². The van der Waals surface area contributed by atoms with Gasteiger partial charge in [0.2, 0.25) is 0 Å². The summed E-state index contributed by atoms with van der Waals surface area (Å²) in [5.74, 6) is 0. The predicted octanol–water partition coefficient (Wildman–Crippen LogP) is 1.68. The lowest BCUT2D eigenvalue weighted by molar-refractivity contribution is -0.878. The lowest BCUT2D eigenvalue weighted by Crippen LogP contribution is -2.55. The van der Waals surface area contributed by atoms with Crippen LogP contribution in [0, 0.1) is 5.41 Å². The van der Waals surface area contributed by atoms with Gasteiger partial charge in [-0.25, -0.2) is 0 Å². The molecule has 4 heteroatoms. The SMILES string of the molecule is Br.C[N+](C)(C)CC1(CBr)COC1. The van der Waals surface area contributed by atoms with Crippen LogP contribution < -0.4 is 0 Å². The van der Waals surface area contributed by atoms with Gasteiger partial charge in [0.25, 0.3) is 0 Å². The van der Waals surface area contributed by atoms with E-state index in [-0.39, 0.29) is 17.0 Å². The third-order valence-corrected chi connectivity index (χ3v) is 3.10. The van der Waals surface area contributed by atoms with E-state index >= 15 is 0 Å². The van der Waals surface area contributed by atoms with Crippen LogP contribution in [0.5, 0.6) is 0 Å². The maximum atomic E-state index is 5.24. The summed E-state index contributed by atoms with van der Waals surface area (Å²) in [7, 11) is 6.67. The molecule has 0 spiro atoms. The summed E-state index contributed by atoms with van der Waals surface area (Å²) >= 11 is 3.55. The molecule has 1 aliphatic heterocycles. The smallest absolute Gasteiger partial charge is 0.0890 e. The number of quaternary nitrogens is 1. The molecule has 0 aromatic rings. The molecule has 0 aliphatic carbocycles. The minimum atomic E-state index is 0. The zero-order chi connectivity index (χ0) is 8.54. The third-order valence-electron chi connectivity index (χ3n) is 1.91. The molecular formula is C8H18Br2NO+. The fourth-order valence-electron chi connectivity index (χ4n) is 1.61. The van der Waals surface area contributed by atoms with Crippen molar-refractivity contribution >= 4 is 32.9 Å². The second-order valence-electron chi connectivity index (χ2n) is 4.57. The number of nitrogens with zero attached hydrogens (tertiary/aromatic N) is 1. The summed E-state index contributed by atoms with van der Waals surface area (Å²) < 4.78 is 6.26. The molecule has 0 radical (unpaired) electrons. The van der Waals surface area contributed by atoms with Gasteiger partial charge in [0, 0.05) is 5.33 Å². The van der Waals surface area contributed by atoms with Crippen LogP contribution in [-0.4, -0.2) is 50.7 Å². The Morgan fingerprint density at radius 1 is 1.33 bits per heavy atom. The Bertz CT molecular complexity index is 135. The fourth-order valence-corrected chi connectivity index (χ4v) is 2.11. The summed E-state index contributed by atoms with van der Waals surface area (Å²) in [4.78, 5) is 0. The normalized spacial score (nSPS) is 21.0. The average Bonchev–Trinajstić information content (AvgIpc) is 1.77. The molecule has 1 saturated heterocycles. The summed E-state index contributed by atoms with van der Waals surface area (Å²) in [5, 5.41) is 1.06. The third kappa shape index (κ3) is 3.32. The van der Waals surface area contributed by atoms with Gasteiger partial charge in [-0.3, -0.25) is 0 Å². The highest BCUT2D eigenvalue weighted by Crippen LogP contribution is 2.31. The predicted molar refractivity (Wildman–Crippen MR) is 60.3 cm³/mol. The highest BCUT2D eigenvalue weighted by Gasteiger charge is 2.42. The molecule has 0 atom stereocenters. The first-order chi connectivity index (χ1) is 4.97. The number of hydrogen-bond donors (Lipinski definition) is 0. The van der Waals surface area contributed by atoms with Gasteiger partial charge in [0.05, 0.1) is 46.3 Å². The van der Waals surface area contributed by atoms with Crippen molar-refractivity contribution in [3.05, 3.63) is 0 Å². The lowest BCUT2D eigenvalue weighted by atomic mass is 9.87. The van der Waals surface area contributed by atoms with Crippen molar-refractivity contribution in [1.29, 1.82) is 0 Å². The average molecular weight is 304 g/mol. The van der Waals surface area contributed by atoms with Crippen molar-refractivity contribution in [2.75, 3.05) is 46.2 Å².